The summed E-state index contributed by atoms with van der Waals surface area (Å²) in [6.07, 6.45) is -6.49. The van der Waals surface area contributed by atoms with Gasteiger partial charge in [0.1, 0.15) is 36.7 Å². The highest BCUT2D eigenvalue weighted by Gasteiger charge is 2.49. The van der Waals surface area contributed by atoms with E-state index in [1.807, 2.05) is 0 Å². The van der Waals surface area contributed by atoms with Gasteiger partial charge in [0, 0.05) is 6.92 Å². The summed E-state index contributed by atoms with van der Waals surface area (Å²) in [6.45, 7) is 1.75. The maximum atomic E-state index is 11.3. The molecule has 0 aliphatic carbocycles. The van der Waals surface area contributed by atoms with E-state index < -0.39 is 57.1 Å². The molecule has 6 atom stereocenters. The minimum atomic E-state index is -5.01. The van der Waals surface area contributed by atoms with Gasteiger partial charge in [0.25, 0.3) is 0 Å². The molecule has 0 bridgehead atoms. The van der Waals surface area contributed by atoms with Gasteiger partial charge in [-0.3, -0.25) is 9.32 Å². The molecule has 0 saturated carbocycles. The average Bonchev–Trinajstić information content (AvgIpc) is 2.43. The van der Waals surface area contributed by atoms with Crippen molar-refractivity contribution in [2.24, 2.45) is 0 Å². The molecular weight excluding hydrogens is 337 g/mol. The summed E-state index contributed by atoms with van der Waals surface area (Å²) in [5.41, 5.74) is 0. The van der Waals surface area contributed by atoms with Gasteiger partial charge in [-0.2, -0.15) is 0 Å². The minimum absolute atomic E-state index is 0.412. The summed E-state index contributed by atoms with van der Waals surface area (Å²) in [4.78, 5) is 40.0. The number of amides is 1. The van der Waals surface area contributed by atoms with Crippen LogP contribution < -0.4 is 5.32 Å². The second-order valence-electron chi connectivity index (χ2n) is 4.98. The van der Waals surface area contributed by atoms with E-state index in [2.05, 4.69) is 9.84 Å². The molecule has 23 heavy (non-hydrogen) atoms. The first-order valence-corrected chi connectivity index (χ1v) is 8.18. The van der Waals surface area contributed by atoms with Crippen molar-refractivity contribution in [3.05, 3.63) is 0 Å². The van der Waals surface area contributed by atoms with Gasteiger partial charge >= 0.3 is 7.82 Å². The molecule has 1 aliphatic heterocycles. The standard InChI is InChI=1S/C11H20NO10P/c1-5(3-13)20-10-8(12-6(2)15)11(16)21-7(4-14)9(10)22-23(17,18)19/h3,5,7-11,14,16H,4H2,1-2H3,(H,12,15)(H2,17,18,19)/t5?,7-,8-,9-,10-,11+/m1/s1. The molecule has 12 heteroatoms. The van der Waals surface area contributed by atoms with Crippen LogP contribution in [0.5, 0.6) is 0 Å². The first-order valence-electron chi connectivity index (χ1n) is 6.65. The Kier molecular flexibility index (Phi) is 7.24. The van der Waals surface area contributed by atoms with Gasteiger partial charge in [0.2, 0.25) is 5.91 Å². The van der Waals surface area contributed by atoms with Gasteiger partial charge in [-0.1, -0.05) is 0 Å². The summed E-state index contributed by atoms with van der Waals surface area (Å²) in [5.74, 6) is -0.581. The Balaban J connectivity index is 3.16. The van der Waals surface area contributed by atoms with Gasteiger partial charge in [-0.15, -0.1) is 0 Å². The van der Waals surface area contributed by atoms with E-state index in [0.29, 0.717) is 6.29 Å². The molecular formula is C11H20NO10P. The van der Waals surface area contributed by atoms with Crippen molar-refractivity contribution in [2.75, 3.05) is 6.61 Å². The largest absolute Gasteiger partial charge is 0.470 e. The fraction of sp³-hybridized carbons (Fsp3) is 0.818. The number of nitrogens with one attached hydrogen (secondary N) is 1. The molecule has 11 nitrogen and oxygen atoms in total. The molecule has 1 rings (SSSR count). The number of hydrogen-bond acceptors (Lipinski definition) is 8. The number of phosphoric ester groups is 1. The molecule has 0 aromatic rings. The number of phosphoric acid groups is 1. The molecule has 1 heterocycles. The Bertz CT molecular complexity index is 468. The zero-order chi connectivity index (χ0) is 17.8. The van der Waals surface area contributed by atoms with Crippen molar-refractivity contribution in [3.63, 3.8) is 0 Å². The van der Waals surface area contributed by atoms with E-state index in [9.17, 15) is 24.4 Å². The highest BCUT2D eigenvalue weighted by molar-refractivity contribution is 7.46. The number of aliphatic hydroxyl groups excluding tert-OH is 2. The molecule has 1 fully saturated rings. The third-order valence-corrected chi connectivity index (χ3v) is 3.56. The van der Waals surface area contributed by atoms with Crippen molar-refractivity contribution >= 4 is 20.0 Å². The van der Waals surface area contributed by atoms with Crippen LogP contribution in [0.3, 0.4) is 0 Å². The third kappa shape index (κ3) is 5.90. The van der Waals surface area contributed by atoms with Crippen LogP contribution in [0.1, 0.15) is 13.8 Å². The minimum Gasteiger partial charge on any atom is -0.394 e. The molecule has 0 radical (unpaired) electrons. The lowest BCUT2D eigenvalue weighted by Crippen LogP contribution is -2.65. The number of carbonyl (C=O) groups excluding carboxylic acids is 2. The summed E-state index contributed by atoms with van der Waals surface area (Å²) in [6, 6.07) is -1.27. The van der Waals surface area contributed by atoms with Crippen LogP contribution in [0, 0.1) is 0 Å². The Morgan fingerprint density at radius 1 is 1.43 bits per heavy atom. The predicted octanol–water partition coefficient (Wildman–Crippen LogP) is -2.35. The smallest absolute Gasteiger partial charge is 0.394 e. The first-order chi connectivity index (χ1) is 10.6. The summed E-state index contributed by atoms with van der Waals surface area (Å²) < 4.78 is 26.0. The maximum absolute atomic E-state index is 11.3. The van der Waals surface area contributed by atoms with Crippen molar-refractivity contribution in [1.82, 2.24) is 5.32 Å². The summed E-state index contributed by atoms with van der Waals surface area (Å²) in [7, 11) is -5.01. The van der Waals surface area contributed by atoms with Crippen molar-refractivity contribution in [3.8, 4) is 0 Å². The second kappa shape index (κ2) is 8.27. The van der Waals surface area contributed by atoms with E-state index in [4.69, 9.17) is 19.3 Å². The van der Waals surface area contributed by atoms with Gasteiger partial charge in [-0.25, -0.2) is 4.57 Å². The predicted molar refractivity (Wildman–Crippen MR) is 72.9 cm³/mol. The number of hydrogen-bond donors (Lipinski definition) is 5. The van der Waals surface area contributed by atoms with Crippen LogP contribution >= 0.6 is 7.82 Å². The van der Waals surface area contributed by atoms with Crippen LogP contribution in [0.15, 0.2) is 0 Å². The first kappa shape index (κ1) is 20.1. The Morgan fingerprint density at radius 3 is 2.48 bits per heavy atom. The Hall–Kier alpha value is -0.910. The Morgan fingerprint density at radius 2 is 2.04 bits per heavy atom. The topological polar surface area (TPSA) is 172 Å². The lowest BCUT2D eigenvalue weighted by Gasteiger charge is -2.44. The molecule has 134 valence electrons. The molecule has 1 unspecified atom stereocenters. The SMILES string of the molecule is CC(=O)N[C@@H]1[C@@H](OC(C)C=O)[C@H](OP(=O)(O)O)[C@@H](CO)O[C@@H]1O. The van der Waals surface area contributed by atoms with Gasteiger partial charge in [-0.05, 0) is 6.92 Å². The quantitative estimate of drug-likeness (QED) is 0.245. The van der Waals surface area contributed by atoms with E-state index >= 15 is 0 Å². The Labute approximate surface area is 131 Å². The molecule has 1 saturated heterocycles. The van der Waals surface area contributed by atoms with Crippen molar-refractivity contribution in [1.29, 1.82) is 0 Å². The monoisotopic (exact) mass is 357 g/mol. The average molecular weight is 357 g/mol. The number of aliphatic hydroxyl groups is 2. The van der Waals surface area contributed by atoms with E-state index in [1.165, 1.54) is 6.92 Å². The van der Waals surface area contributed by atoms with Gasteiger partial charge < -0.3 is 39.6 Å². The van der Waals surface area contributed by atoms with Crippen LogP contribution in [0.25, 0.3) is 0 Å². The molecule has 1 aliphatic rings. The highest BCUT2D eigenvalue weighted by Crippen LogP contribution is 2.41. The normalized spacial score (nSPS) is 33.0. The zero-order valence-corrected chi connectivity index (χ0v) is 13.3. The third-order valence-electron chi connectivity index (χ3n) is 3.04. The van der Waals surface area contributed by atoms with Crippen molar-refractivity contribution < 1.29 is 48.2 Å². The summed E-state index contributed by atoms with van der Waals surface area (Å²) >= 11 is 0. The molecule has 0 aromatic carbocycles. The molecule has 0 aromatic heterocycles. The maximum Gasteiger partial charge on any atom is 0.470 e. The lowest BCUT2D eigenvalue weighted by molar-refractivity contribution is -0.262. The fourth-order valence-corrected chi connectivity index (χ4v) is 2.76. The van der Waals surface area contributed by atoms with Crippen LogP contribution in [0.4, 0.5) is 0 Å². The molecule has 0 spiro atoms. The fourth-order valence-electron chi connectivity index (χ4n) is 2.18. The van der Waals surface area contributed by atoms with E-state index in [1.54, 1.807) is 0 Å². The number of rotatable bonds is 7. The second-order valence-corrected chi connectivity index (χ2v) is 6.17. The van der Waals surface area contributed by atoms with Crippen molar-refractivity contribution in [2.45, 2.75) is 50.6 Å². The highest BCUT2D eigenvalue weighted by atomic mass is 31.2. The lowest BCUT2D eigenvalue weighted by atomic mass is 9.96. The van der Waals surface area contributed by atoms with Crippen LogP contribution in [-0.2, 0) is 28.2 Å². The summed E-state index contributed by atoms with van der Waals surface area (Å²) in [5, 5.41) is 21.5. The zero-order valence-electron chi connectivity index (χ0n) is 12.4. The van der Waals surface area contributed by atoms with Crippen LogP contribution in [0.2, 0.25) is 0 Å². The number of carbonyl (C=O) groups is 2. The molecule has 1 amide bonds. The number of ether oxygens (including phenoxy) is 2. The van der Waals surface area contributed by atoms with Gasteiger partial charge in [0.15, 0.2) is 6.29 Å². The van der Waals surface area contributed by atoms with E-state index in [-0.39, 0.29) is 0 Å². The van der Waals surface area contributed by atoms with Crippen LogP contribution in [-0.4, -0.2) is 75.5 Å². The number of aldehydes is 1. The van der Waals surface area contributed by atoms with Gasteiger partial charge in [0.05, 0.1) is 6.61 Å². The molecule has 5 N–H and O–H groups in total. The van der Waals surface area contributed by atoms with E-state index in [0.717, 1.165) is 6.92 Å².